The predicted molar refractivity (Wildman–Crippen MR) is 272 cm³/mol. The van der Waals surface area contributed by atoms with Crippen LogP contribution in [0.5, 0.6) is 5.75 Å². The van der Waals surface area contributed by atoms with Crippen molar-refractivity contribution in [1.29, 1.82) is 0 Å². The third-order valence-electron chi connectivity index (χ3n) is 12.4. The van der Waals surface area contributed by atoms with Gasteiger partial charge in [0.05, 0.1) is 42.6 Å². The first-order chi connectivity index (χ1) is 32.9. The number of benzene rings is 4. The summed E-state index contributed by atoms with van der Waals surface area (Å²) < 4.78 is 30.7. The van der Waals surface area contributed by atoms with Gasteiger partial charge in [-0.1, -0.05) is 108 Å². The van der Waals surface area contributed by atoms with Gasteiger partial charge in [0, 0.05) is 76.3 Å². The van der Waals surface area contributed by atoms with E-state index in [-0.39, 0.29) is 6.10 Å². The van der Waals surface area contributed by atoms with Crippen molar-refractivity contribution < 1.29 is 23.7 Å². The molecular weight excluding hydrogens is 833 g/mol. The monoisotopic (exact) mass is 888 g/mol. The molecule has 0 aliphatic carbocycles. The van der Waals surface area contributed by atoms with Gasteiger partial charge in [0.1, 0.15) is 18.5 Å². The Hall–Kier alpha value is -6.88. The lowest BCUT2D eigenvalue weighted by Crippen LogP contribution is -2.28. The quantitative estimate of drug-likeness (QED) is 0.164. The largest absolute Gasteiger partial charge is 0.490 e. The molecule has 0 saturated carbocycles. The molecule has 0 spiro atoms. The van der Waals surface area contributed by atoms with Gasteiger partial charge in [0.25, 0.3) is 0 Å². The minimum absolute atomic E-state index is 0.283. The van der Waals surface area contributed by atoms with Crippen LogP contribution in [0, 0.1) is 20.8 Å². The number of hydrogen-bond acceptors (Lipinski definition) is 7. The van der Waals surface area contributed by atoms with Crippen LogP contribution in [0.4, 0.5) is 0 Å². The van der Waals surface area contributed by atoms with Crippen molar-refractivity contribution in [3.05, 3.63) is 161 Å². The minimum Gasteiger partial charge on any atom is -0.490 e. The summed E-state index contributed by atoms with van der Waals surface area (Å²) in [5.41, 5.74) is 18.7. The Balaban J connectivity index is 1.19. The number of ether oxygens (including phenoxy) is 5. The van der Waals surface area contributed by atoms with E-state index >= 15 is 0 Å². The van der Waals surface area contributed by atoms with E-state index in [9.17, 15) is 0 Å². The van der Waals surface area contributed by atoms with Gasteiger partial charge in [-0.15, -0.1) is 0 Å². The number of nitrogens with one attached hydrogen (secondary N) is 2. The molecule has 1 atom stereocenters. The Kier molecular flexibility index (Phi) is 13.3. The van der Waals surface area contributed by atoms with Crippen molar-refractivity contribution in [2.75, 3.05) is 52.9 Å². The molecule has 9 heteroatoms. The van der Waals surface area contributed by atoms with Gasteiger partial charge in [-0.3, -0.25) is 0 Å². The highest BCUT2D eigenvalue weighted by molar-refractivity contribution is 6.00. The highest BCUT2D eigenvalue weighted by atomic mass is 16.6. The maximum absolute atomic E-state index is 6.78. The molecule has 10 rings (SSSR count). The molecule has 7 aromatic rings. The Labute approximate surface area is 392 Å². The average molecular weight is 889 g/mol. The summed E-state index contributed by atoms with van der Waals surface area (Å²) in [6.45, 7) is 10.6. The zero-order chi connectivity index (χ0) is 45.5. The van der Waals surface area contributed by atoms with E-state index in [1.165, 1.54) is 16.7 Å². The number of fused-ring (bicyclic) bond motifs is 8. The summed E-state index contributed by atoms with van der Waals surface area (Å²) in [5.74, 6) is 0.716. The first-order valence-corrected chi connectivity index (χ1v) is 23.4. The smallest absolute Gasteiger partial charge is 0.127 e. The third-order valence-corrected chi connectivity index (χ3v) is 12.4. The van der Waals surface area contributed by atoms with E-state index in [4.69, 9.17) is 33.7 Å². The zero-order valence-electron chi connectivity index (χ0n) is 38.4. The number of para-hydroxylation sites is 1. The second-order valence-corrected chi connectivity index (χ2v) is 17.4. The molecule has 1 unspecified atom stereocenters. The predicted octanol–water partition coefficient (Wildman–Crippen LogP) is 12.9. The molecule has 2 N–H and O–H groups in total. The van der Waals surface area contributed by atoms with Gasteiger partial charge in [0.2, 0.25) is 0 Å². The van der Waals surface area contributed by atoms with Crippen molar-refractivity contribution in [2.24, 2.45) is 0 Å². The van der Waals surface area contributed by atoms with Crippen LogP contribution in [0.25, 0.3) is 90.9 Å². The molecule has 1 saturated heterocycles. The number of H-pyrrole nitrogens is 2. The topological polar surface area (TPSA) is 104 Å². The van der Waals surface area contributed by atoms with Crippen molar-refractivity contribution in [2.45, 2.75) is 39.7 Å². The van der Waals surface area contributed by atoms with Crippen LogP contribution in [-0.4, -0.2) is 78.9 Å². The van der Waals surface area contributed by atoms with Gasteiger partial charge < -0.3 is 33.7 Å². The first kappa shape index (κ1) is 44.0. The molecule has 3 aliphatic heterocycles. The van der Waals surface area contributed by atoms with Crippen LogP contribution >= 0.6 is 0 Å². The van der Waals surface area contributed by atoms with Gasteiger partial charge in [-0.25, -0.2) is 9.97 Å². The fourth-order valence-electron chi connectivity index (χ4n) is 8.90. The van der Waals surface area contributed by atoms with E-state index < -0.39 is 0 Å². The maximum Gasteiger partial charge on any atom is 0.127 e. The van der Waals surface area contributed by atoms with Crippen LogP contribution in [-0.2, 0) is 18.9 Å². The normalized spacial score (nSPS) is 15.9. The summed E-state index contributed by atoms with van der Waals surface area (Å²) in [7, 11) is 0. The molecule has 8 bridgehead atoms. The second-order valence-electron chi connectivity index (χ2n) is 17.4. The molecule has 0 amide bonds. The second kappa shape index (κ2) is 20.3. The van der Waals surface area contributed by atoms with Crippen LogP contribution in [0.2, 0.25) is 0 Å². The van der Waals surface area contributed by atoms with E-state index in [0.717, 1.165) is 102 Å². The van der Waals surface area contributed by atoms with Gasteiger partial charge in [-0.2, -0.15) is 0 Å². The van der Waals surface area contributed by atoms with Crippen LogP contribution < -0.4 is 4.74 Å². The number of aromatic nitrogens is 4. The number of nitrogens with zero attached hydrogens (tertiary/aromatic N) is 2. The molecule has 9 nitrogen and oxygen atoms in total. The standard InChI is InChI=1S/C58H56N4O5/c1-38-10-16-41(17-11-38)55-46-22-24-48(59-46)56(42-18-12-39(2)13-19-42)50-26-28-52(61-50)58(53-29-27-51(62-53)57(49-25-23-47(55)60-49)43-20-14-40(3)15-21-43)45-8-4-5-9-54(45)67-37-44-36-65-32-6-30-63-34-35-64-31-7-33-66-44/h4-5,8-29,44,59,62H,6-7,30-37H2,1-3H3. The lowest BCUT2D eigenvalue weighted by Gasteiger charge is -2.20. The lowest BCUT2D eigenvalue weighted by atomic mass is 10.0. The molecule has 67 heavy (non-hydrogen) atoms. The summed E-state index contributed by atoms with van der Waals surface area (Å²) in [6.07, 6.45) is 9.82. The molecule has 0 radical (unpaired) electrons. The Morgan fingerprint density at radius 3 is 1.37 bits per heavy atom. The summed E-state index contributed by atoms with van der Waals surface area (Å²) in [6, 6.07) is 42.9. The summed E-state index contributed by atoms with van der Waals surface area (Å²) in [5, 5.41) is 0. The minimum atomic E-state index is -0.283. The van der Waals surface area contributed by atoms with Crippen molar-refractivity contribution in [1.82, 2.24) is 19.9 Å². The number of aryl methyl sites for hydroxylation is 3. The summed E-state index contributed by atoms with van der Waals surface area (Å²) >= 11 is 0. The maximum atomic E-state index is 6.78. The molecule has 3 aliphatic rings. The molecule has 3 aromatic heterocycles. The van der Waals surface area contributed by atoms with Gasteiger partial charge in [0.15, 0.2) is 0 Å². The Morgan fingerprint density at radius 1 is 0.463 bits per heavy atom. The number of hydrogen-bond donors (Lipinski definition) is 2. The molecule has 338 valence electrons. The SMILES string of the molecule is Cc1ccc(-c2c3nc(c(-c4ccc(C)cc4)c4ccc([nH]4)c(-c4ccccc4OCC4COCCCOCCOCCCO4)c4nc(c(-c5ccc(C)cc5)c5ccc2[nH]5)C=C4)C=C3)cc1. The van der Waals surface area contributed by atoms with Crippen LogP contribution in [0.3, 0.4) is 0 Å². The Bertz CT molecular complexity index is 3030. The highest BCUT2D eigenvalue weighted by Gasteiger charge is 2.21. The number of rotatable bonds is 7. The van der Waals surface area contributed by atoms with Crippen LogP contribution in [0.15, 0.2) is 121 Å². The molecule has 6 heterocycles. The number of aromatic amines is 2. The molecule has 4 aromatic carbocycles. The first-order valence-electron chi connectivity index (χ1n) is 23.4. The Morgan fingerprint density at radius 2 is 0.881 bits per heavy atom. The lowest BCUT2D eigenvalue weighted by molar-refractivity contribution is -0.0515. The molecular formula is C58H56N4O5. The van der Waals surface area contributed by atoms with E-state index in [2.05, 4.69) is 164 Å². The van der Waals surface area contributed by atoms with E-state index in [0.29, 0.717) is 58.6 Å². The third kappa shape index (κ3) is 9.97. The fraction of sp³-hybridized carbons (Fsp3) is 0.241. The zero-order valence-corrected chi connectivity index (χ0v) is 38.4. The van der Waals surface area contributed by atoms with Crippen molar-refractivity contribution in [3.8, 4) is 50.3 Å². The average Bonchev–Trinajstić information content (AvgIpc) is 4.20. The van der Waals surface area contributed by atoms with Gasteiger partial charge >= 0.3 is 0 Å². The van der Waals surface area contributed by atoms with Crippen LogP contribution in [0.1, 0.15) is 52.3 Å². The summed E-state index contributed by atoms with van der Waals surface area (Å²) in [4.78, 5) is 18.8. The van der Waals surface area contributed by atoms with E-state index in [1.54, 1.807) is 0 Å². The highest BCUT2D eigenvalue weighted by Crippen LogP contribution is 2.40. The molecule has 1 fully saturated rings. The van der Waals surface area contributed by atoms with Crippen molar-refractivity contribution >= 4 is 46.4 Å². The van der Waals surface area contributed by atoms with Crippen molar-refractivity contribution in [3.63, 3.8) is 0 Å². The fourth-order valence-corrected chi connectivity index (χ4v) is 8.90. The van der Waals surface area contributed by atoms with Gasteiger partial charge in [-0.05, 0) is 105 Å². The van der Waals surface area contributed by atoms with E-state index in [1.807, 2.05) is 12.1 Å².